The fourth-order valence-corrected chi connectivity index (χ4v) is 4.01. The second-order valence-electron chi connectivity index (χ2n) is 5.61. The van der Waals surface area contributed by atoms with Gasteiger partial charge in [0.15, 0.2) is 0 Å². The normalized spacial score (nSPS) is 17.4. The number of aryl methyl sites for hydroxylation is 2. The Labute approximate surface area is 119 Å². The van der Waals surface area contributed by atoms with Crippen molar-refractivity contribution in [3.8, 4) is 0 Å². The number of nitrogens with zero attached hydrogens (tertiary/aromatic N) is 1. The Kier molecular flexibility index (Phi) is 2.66. The lowest BCUT2D eigenvalue weighted by Crippen LogP contribution is -2.29. The van der Waals surface area contributed by atoms with Gasteiger partial charge in [0.05, 0.1) is 5.39 Å². The number of nitrogens with one attached hydrogen (secondary N) is 2. The molecule has 0 radical (unpaired) electrons. The van der Waals surface area contributed by atoms with E-state index in [-0.39, 0.29) is 17.3 Å². The first-order valence-electron chi connectivity index (χ1n) is 7.05. The highest BCUT2D eigenvalue weighted by Gasteiger charge is 2.24. The molecule has 104 valence electrons. The summed E-state index contributed by atoms with van der Waals surface area (Å²) in [6.45, 7) is 0.682. The molecular formula is C14H15N3O2S. The van der Waals surface area contributed by atoms with Crippen molar-refractivity contribution in [1.29, 1.82) is 0 Å². The Balaban J connectivity index is 1.70. The summed E-state index contributed by atoms with van der Waals surface area (Å²) in [7, 11) is 0. The van der Waals surface area contributed by atoms with Crippen LogP contribution in [-0.4, -0.2) is 22.4 Å². The predicted octanol–water partition coefficient (Wildman–Crippen LogP) is 1.61. The molecule has 1 fully saturated rings. The Morgan fingerprint density at radius 1 is 1.40 bits per heavy atom. The highest BCUT2D eigenvalue weighted by Crippen LogP contribution is 2.34. The first kappa shape index (κ1) is 12.1. The molecular weight excluding hydrogens is 274 g/mol. The highest BCUT2D eigenvalue weighted by molar-refractivity contribution is 7.18. The molecule has 2 aliphatic carbocycles. The Morgan fingerprint density at radius 3 is 3.05 bits per heavy atom. The number of aromatic nitrogens is 2. The number of hydrogen-bond acceptors (Lipinski definition) is 4. The van der Waals surface area contributed by atoms with Crippen LogP contribution in [0.4, 0.5) is 0 Å². The topological polar surface area (TPSA) is 74.8 Å². The molecule has 2 N–H and O–H groups in total. The Morgan fingerprint density at radius 2 is 2.25 bits per heavy atom. The lowest BCUT2D eigenvalue weighted by atomic mass is 10.2. The average molecular weight is 289 g/mol. The standard InChI is InChI=1S/C14H15N3O2S/c18-12-10-8-2-1-3-9(8)20-14(10)17-11(16-12)13(19)15-6-7-4-5-7/h7H,1-6H2,(H,15,19)(H,16,17,18). The maximum Gasteiger partial charge on any atom is 0.287 e. The van der Waals surface area contributed by atoms with Crippen molar-refractivity contribution in [2.45, 2.75) is 32.1 Å². The lowest BCUT2D eigenvalue weighted by molar-refractivity contribution is 0.0941. The smallest absolute Gasteiger partial charge is 0.287 e. The van der Waals surface area contributed by atoms with Gasteiger partial charge in [0.2, 0.25) is 5.82 Å². The lowest BCUT2D eigenvalue weighted by Gasteiger charge is -2.03. The minimum Gasteiger partial charge on any atom is -0.349 e. The fourth-order valence-electron chi connectivity index (χ4n) is 2.75. The quantitative estimate of drug-likeness (QED) is 0.901. The zero-order chi connectivity index (χ0) is 13.7. The number of carbonyl (C=O) groups is 1. The zero-order valence-electron chi connectivity index (χ0n) is 11.0. The molecule has 20 heavy (non-hydrogen) atoms. The van der Waals surface area contributed by atoms with Crippen molar-refractivity contribution in [2.24, 2.45) is 5.92 Å². The summed E-state index contributed by atoms with van der Waals surface area (Å²) in [5.41, 5.74) is 0.967. The van der Waals surface area contributed by atoms with Crippen LogP contribution in [0.5, 0.6) is 0 Å². The summed E-state index contributed by atoms with van der Waals surface area (Å²) in [5.74, 6) is 0.479. The van der Waals surface area contributed by atoms with Crippen LogP contribution in [-0.2, 0) is 12.8 Å². The van der Waals surface area contributed by atoms with Crippen LogP contribution in [0.2, 0.25) is 0 Å². The SMILES string of the molecule is O=C(NCC1CC1)c1nc2sc3c(c2c(=O)[nH]1)CCC3. The zero-order valence-corrected chi connectivity index (χ0v) is 11.8. The molecule has 0 aromatic carbocycles. The fraction of sp³-hybridized carbons (Fsp3) is 0.500. The number of carbonyl (C=O) groups excluding carboxylic acids is 1. The van der Waals surface area contributed by atoms with E-state index in [9.17, 15) is 9.59 Å². The third-order valence-electron chi connectivity index (χ3n) is 4.04. The van der Waals surface area contributed by atoms with Crippen molar-refractivity contribution in [1.82, 2.24) is 15.3 Å². The first-order valence-corrected chi connectivity index (χ1v) is 7.87. The number of hydrogen-bond donors (Lipinski definition) is 2. The molecule has 0 saturated heterocycles. The maximum atomic E-state index is 12.2. The molecule has 6 heteroatoms. The number of fused-ring (bicyclic) bond motifs is 3. The monoisotopic (exact) mass is 289 g/mol. The van der Waals surface area contributed by atoms with Crippen LogP contribution in [0.1, 0.15) is 40.3 Å². The molecule has 2 aliphatic rings. The Bertz CT molecular complexity index is 758. The second-order valence-corrected chi connectivity index (χ2v) is 6.69. The summed E-state index contributed by atoms with van der Waals surface area (Å²) in [6, 6.07) is 0. The van der Waals surface area contributed by atoms with Crippen LogP contribution < -0.4 is 10.9 Å². The van der Waals surface area contributed by atoms with Crippen molar-refractivity contribution < 1.29 is 4.79 Å². The van der Waals surface area contributed by atoms with Gasteiger partial charge in [-0.1, -0.05) is 0 Å². The van der Waals surface area contributed by atoms with Crippen LogP contribution in [0.3, 0.4) is 0 Å². The van der Waals surface area contributed by atoms with Crippen LogP contribution in [0.25, 0.3) is 10.2 Å². The third kappa shape index (κ3) is 1.95. The molecule has 1 saturated carbocycles. The van der Waals surface area contributed by atoms with E-state index in [4.69, 9.17) is 0 Å². The second kappa shape index (κ2) is 4.41. The molecule has 2 heterocycles. The van der Waals surface area contributed by atoms with Gasteiger partial charge in [-0.15, -0.1) is 11.3 Å². The summed E-state index contributed by atoms with van der Waals surface area (Å²) in [6.07, 6.45) is 5.45. The van der Waals surface area contributed by atoms with Gasteiger partial charge in [0.25, 0.3) is 11.5 Å². The van der Waals surface area contributed by atoms with E-state index < -0.39 is 0 Å². The van der Waals surface area contributed by atoms with Crippen LogP contribution >= 0.6 is 11.3 Å². The highest BCUT2D eigenvalue weighted by atomic mass is 32.1. The number of rotatable bonds is 3. The molecule has 0 aliphatic heterocycles. The maximum absolute atomic E-state index is 12.2. The molecule has 0 bridgehead atoms. The summed E-state index contributed by atoms with van der Waals surface area (Å²) in [4.78, 5) is 33.2. The molecule has 4 rings (SSSR count). The summed E-state index contributed by atoms with van der Waals surface area (Å²) in [5, 5.41) is 3.53. The van der Waals surface area contributed by atoms with Gasteiger partial charge in [-0.25, -0.2) is 4.98 Å². The van der Waals surface area contributed by atoms with E-state index in [0.29, 0.717) is 22.7 Å². The number of H-pyrrole nitrogens is 1. The summed E-state index contributed by atoms with van der Waals surface area (Å²) >= 11 is 1.56. The predicted molar refractivity (Wildman–Crippen MR) is 77.3 cm³/mol. The van der Waals surface area contributed by atoms with E-state index in [0.717, 1.165) is 24.8 Å². The van der Waals surface area contributed by atoms with Crippen LogP contribution in [0.15, 0.2) is 4.79 Å². The van der Waals surface area contributed by atoms with Gasteiger partial charge in [-0.05, 0) is 43.6 Å². The average Bonchev–Trinajstić information content (AvgIpc) is 3.03. The number of amides is 1. The van der Waals surface area contributed by atoms with Gasteiger partial charge in [-0.3, -0.25) is 9.59 Å². The number of thiophene rings is 1. The molecule has 2 aromatic rings. The van der Waals surface area contributed by atoms with E-state index in [1.165, 1.54) is 17.7 Å². The molecule has 2 aromatic heterocycles. The molecule has 0 atom stereocenters. The van der Waals surface area contributed by atoms with Gasteiger partial charge < -0.3 is 10.3 Å². The minimum atomic E-state index is -0.274. The molecule has 0 spiro atoms. The minimum absolute atomic E-state index is 0.142. The van der Waals surface area contributed by atoms with E-state index >= 15 is 0 Å². The van der Waals surface area contributed by atoms with E-state index in [1.54, 1.807) is 11.3 Å². The molecule has 1 amide bonds. The Hall–Kier alpha value is -1.69. The van der Waals surface area contributed by atoms with Crippen molar-refractivity contribution in [3.63, 3.8) is 0 Å². The van der Waals surface area contributed by atoms with Gasteiger partial charge in [0.1, 0.15) is 4.83 Å². The van der Waals surface area contributed by atoms with Crippen LogP contribution in [0, 0.1) is 5.92 Å². The largest absolute Gasteiger partial charge is 0.349 e. The van der Waals surface area contributed by atoms with Gasteiger partial charge in [-0.2, -0.15) is 0 Å². The molecule has 5 nitrogen and oxygen atoms in total. The van der Waals surface area contributed by atoms with Crippen molar-refractivity contribution in [2.75, 3.05) is 6.54 Å². The van der Waals surface area contributed by atoms with Gasteiger partial charge in [0, 0.05) is 11.4 Å². The van der Waals surface area contributed by atoms with Crippen molar-refractivity contribution >= 4 is 27.5 Å². The molecule has 0 unspecified atom stereocenters. The first-order chi connectivity index (χ1) is 9.72. The third-order valence-corrected chi connectivity index (χ3v) is 5.22. The van der Waals surface area contributed by atoms with Crippen molar-refractivity contribution in [3.05, 3.63) is 26.6 Å². The number of aromatic amines is 1. The van der Waals surface area contributed by atoms with Gasteiger partial charge >= 0.3 is 0 Å². The van der Waals surface area contributed by atoms with E-state index in [1.807, 2.05) is 0 Å². The summed E-state index contributed by atoms with van der Waals surface area (Å²) < 4.78 is 0. The van der Waals surface area contributed by atoms with E-state index in [2.05, 4.69) is 15.3 Å².